The molecule has 0 amide bonds. The van der Waals surface area contributed by atoms with Gasteiger partial charge in [-0.1, -0.05) is 5.16 Å². The summed E-state index contributed by atoms with van der Waals surface area (Å²) in [6.45, 7) is 5.91. The molecule has 1 aliphatic heterocycles. The molecule has 0 unspecified atom stereocenters. The van der Waals surface area contributed by atoms with Gasteiger partial charge >= 0.3 is 0 Å². The lowest BCUT2D eigenvalue weighted by molar-refractivity contribution is 0.149. The summed E-state index contributed by atoms with van der Waals surface area (Å²) < 4.78 is 10.3. The number of hydrogen-bond acceptors (Lipinski definition) is 7. The van der Waals surface area contributed by atoms with Gasteiger partial charge in [0.1, 0.15) is 6.61 Å². The lowest BCUT2D eigenvalue weighted by Gasteiger charge is -2.31. The van der Waals surface area contributed by atoms with Gasteiger partial charge in [-0.3, -0.25) is 4.90 Å². The molecule has 3 heterocycles. The number of thiophene rings is 1. The molecule has 7 heteroatoms. The zero-order valence-corrected chi connectivity index (χ0v) is 13.2. The molecule has 21 heavy (non-hydrogen) atoms. The van der Waals surface area contributed by atoms with Crippen molar-refractivity contribution < 1.29 is 9.26 Å². The number of aromatic nitrogens is 2. The second kappa shape index (κ2) is 6.65. The second-order valence-corrected chi connectivity index (χ2v) is 6.46. The molecule has 2 aromatic rings. The molecule has 1 saturated heterocycles. The molecule has 0 spiro atoms. The van der Waals surface area contributed by atoms with Gasteiger partial charge in [0.05, 0.1) is 4.88 Å². The highest BCUT2D eigenvalue weighted by molar-refractivity contribution is 7.15. The highest BCUT2D eigenvalue weighted by atomic mass is 32.1. The molecular formula is C14H20N4O2S. The number of methoxy groups -OCH3 is 1. The molecule has 0 aromatic carbocycles. The number of piperazine rings is 1. The van der Waals surface area contributed by atoms with Crippen molar-refractivity contribution in [3.8, 4) is 10.8 Å². The topological polar surface area (TPSA) is 54.6 Å². The van der Waals surface area contributed by atoms with Crippen LogP contribution in [0.4, 0.5) is 0 Å². The van der Waals surface area contributed by atoms with Crippen LogP contribution in [0.2, 0.25) is 0 Å². The third-order valence-corrected chi connectivity index (χ3v) is 4.65. The van der Waals surface area contributed by atoms with Crippen molar-refractivity contribution in [1.29, 1.82) is 0 Å². The summed E-state index contributed by atoms with van der Waals surface area (Å²) in [5, 5.41) is 3.90. The minimum absolute atomic E-state index is 0.378. The van der Waals surface area contributed by atoms with Crippen LogP contribution in [0, 0.1) is 0 Å². The smallest absolute Gasteiger partial charge is 0.268 e. The van der Waals surface area contributed by atoms with Gasteiger partial charge in [-0.05, 0) is 19.2 Å². The minimum atomic E-state index is 0.378. The maximum atomic E-state index is 5.27. The van der Waals surface area contributed by atoms with Gasteiger partial charge in [0.15, 0.2) is 5.82 Å². The standard InChI is InChI=1S/C14H20N4O2S/c1-17-5-7-18(8-6-17)9-11-3-4-12(21-11)14-15-13(10-19-2)16-20-14/h3-4H,5-10H2,1-2H3. The lowest BCUT2D eigenvalue weighted by Crippen LogP contribution is -2.43. The molecule has 0 N–H and O–H groups in total. The van der Waals surface area contributed by atoms with Crippen molar-refractivity contribution in [2.45, 2.75) is 13.2 Å². The van der Waals surface area contributed by atoms with Gasteiger partial charge in [-0.2, -0.15) is 4.98 Å². The van der Waals surface area contributed by atoms with E-state index in [1.165, 1.54) is 4.88 Å². The van der Waals surface area contributed by atoms with Gasteiger partial charge in [0.2, 0.25) is 0 Å². The largest absolute Gasteiger partial charge is 0.377 e. The highest BCUT2D eigenvalue weighted by Crippen LogP contribution is 2.27. The first-order valence-electron chi connectivity index (χ1n) is 7.06. The van der Waals surface area contributed by atoms with Crippen molar-refractivity contribution in [1.82, 2.24) is 19.9 Å². The van der Waals surface area contributed by atoms with E-state index < -0.39 is 0 Å². The van der Waals surface area contributed by atoms with Crippen molar-refractivity contribution in [2.75, 3.05) is 40.3 Å². The fraction of sp³-hybridized carbons (Fsp3) is 0.571. The van der Waals surface area contributed by atoms with E-state index in [2.05, 4.69) is 39.1 Å². The maximum Gasteiger partial charge on any atom is 0.268 e. The Morgan fingerprint density at radius 1 is 1.29 bits per heavy atom. The molecule has 2 aromatic heterocycles. The third kappa shape index (κ3) is 3.68. The van der Waals surface area contributed by atoms with E-state index >= 15 is 0 Å². The first kappa shape index (κ1) is 14.6. The van der Waals surface area contributed by atoms with Gasteiger partial charge in [-0.15, -0.1) is 11.3 Å². The van der Waals surface area contributed by atoms with Gasteiger partial charge in [0.25, 0.3) is 5.89 Å². The first-order valence-corrected chi connectivity index (χ1v) is 7.88. The summed E-state index contributed by atoms with van der Waals surface area (Å²) >= 11 is 1.72. The molecule has 0 radical (unpaired) electrons. The normalized spacial score (nSPS) is 17.4. The van der Waals surface area contributed by atoms with Crippen LogP contribution in [0.5, 0.6) is 0 Å². The fourth-order valence-corrected chi connectivity index (χ4v) is 3.32. The molecule has 0 aliphatic carbocycles. The summed E-state index contributed by atoms with van der Waals surface area (Å²) in [5.41, 5.74) is 0. The van der Waals surface area contributed by atoms with Crippen molar-refractivity contribution in [2.24, 2.45) is 0 Å². The predicted molar refractivity (Wildman–Crippen MR) is 81.1 cm³/mol. The average Bonchev–Trinajstić information content (AvgIpc) is 3.11. The number of nitrogens with zero attached hydrogens (tertiary/aromatic N) is 4. The summed E-state index contributed by atoms with van der Waals surface area (Å²) in [6, 6.07) is 4.21. The maximum absolute atomic E-state index is 5.27. The van der Waals surface area contributed by atoms with Crippen molar-refractivity contribution in [3.63, 3.8) is 0 Å². The quantitative estimate of drug-likeness (QED) is 0.838. The van der Waals surface area contributed by atoms with E-state index in [0.717, 1.165) is 37.6 Å². The highest BCUT2D eigenvalue weighted by Gasteiger charge is 2.16. The number of rotatable bonds is 5. The summed E-state index contributed by atoms with van der Waals surface area (Å²) in [6.07, 6.45) is 0. The van der Waals surface area contributed by atoms with Crippen LogP contribution in [0.1, 0.15) is 10.7 Å². The molecule has 0 atom stereocenters. The molecule has 3 rings (SSSR count). The Bertz CT molecular complexity index is 575. The van der Waals surface area contributed by atoms with Crippen LogP contribution in [-0.4, -0.2) is 60.3 Å². The number of ether oxygens (including phenoxy) is 1. The van der Waals surface area contributed by atoms with Crippen LogP contribution in [0.15, 0.2) is 16.7 Å². The second-order valence-electron chi connectivity index (χ2n) is 5.29. The summed E-state index contributed by atoms with van der Waals surface area (Å²) in [7, 11) is 3.79. The van der Waals surface area contributed by atoms with Gasteiger partial charge in [-0.25, -0.2) is 0 Å². The monoisotopic (exact) mass is 308 g/mol. The van der Waals surface area contributed by atoms with Gasteiger partial charge < -0.3 is 14.2 Å². The Balaban J connectivity index is 1.62. The molecule has 1 fully saturated rings. The molecule has 1 aliphatic rings. The minimum Gasteiger partial charge on any atom is -0.377 e. The Kier molecular flexibility index (Phi) is 4.64. The zero-order valence-electron chi connectivity index (χ0n) is 12.4. The Morgan fingerprint density at radius 3 is 2.86 bits per heavy atom. The molecular weight excluding hydrogens is 288 g/mol. The van der Waals surface area contributed by atoms with Gasteiger partial charge in [0, 0.05) is 44.7 Å². The Morgan fingerprint density at radius 2 is 2.10 bits per heavy atom. The Labute approximate surface area is 128 Å². The summed E-state index contributed by atoms with van der Waals surface area (Å²) in [4.78, 5) is 11.5. The van der Waals surface area contributed by atoms with Crippen LogP contribution in [-0.2, 0) is 17.9 Å². The fourth-order valence-electron chi connectivity index (χ4n) is 2.35. The average molecular weight is 308 g/mol. The van der Waals surface area contributed by atoms with Crippen LogP contribution in [0.25, 0.3) is 10.8 Å². The van der Waals surface area contributed by atoms with Crippen LogP contribution < -0.4 is 0 Å². The molecule has 0 bridgehead atoms. The van der Waals surface area contributed by atoms with Crippen molar-refractivity contribution >= 4 is 11.3 Å². The van der Waals surface area contributed by atoms with E-state index in [9.17, 15) is 0 Å². The third-order valence-electron chi connectivity index (χ3n) is 3.59. The lowest BCUT2D eigenvalue weighted by atomic mass is 10.3. The van der Waals surface area contributed by atoms with Crippen LogP contribution in [0.3, 0.4) is 0 Å². The predicted octanol–water partition coefficient (Wildman–Crippen LogP) is 1.69. The zero-order chi connectivity index (χ0) is 14.7. The molecule has 0 saturated carbocycles. The SMILES string of the molecule is COCc1noc(-c2ccc(CN3CCN(C)CC3)s2)n1. The molecule has 6 nitrogen and oxygen atoms in total. The Hall–Kier alpha value is -1.28. The van der Waals surface area contributed by atoms with E-state index in [0.29, 0.717) is 18.3 Å². The number of hydrogen-bond donors (Lipinski definition) is 0. The van der Waals surface area contributed by atoms with Crippen molar-refractivity contribution in [3.05, 3.63) is 22.8 Å². The van der Waals surface area contributed by atoms with Crippen LogP contribution >= 0.6 is 11.3 Å². The summed E-state index contributed by atoms with van der Waals surface area (Å²) in [5.74, 6) is 1.16. The van der Waals surface area contributed by atoms with E-state index in [1.807, 2.05) is 0 Å². The van der Waals surface area contributed by atoms with E-state index in [4.69, 9.17) is 9.26 Å². The number of likely N-dealkylation sites (N-methyl/N-ethyl adjacent to an activating group) is 1. The van der Waals surface area contributed by atoms with E-state index in [1.54, 1.807) is 18.4 Å². The first-order chi connectivity index (χ1) is 10.2. The van der Waals surface area contributed by atoms with E-state index in [-0.39, 0.29) is 0 Å². The molecule has 114 valence electrons.